The van der Waals surface area contributed by atoms with Crippen LogP contribution in [-0.4, -0.2) is 71.3 Å². The van der Waals surface area contributed by atoms with Crippen molar-refractivity contribution in [3.05, 3.63) is 52.6 Å². The third-order valence-corrected chi connectivity index (χ3v) is 7.77. The molecular weight excluding hydrogens is 438 g/mol. The Hall–Kier alpha value is -2.42. The number of nitrogens with one attached hydrogen (secondary N) is 1. The summed E-state index contributed by atoms with van der Waals surface area (Å²) >= 11 is 0. The molecule has 7 nitrogen and oxygen atoms in total. The van der Waals surface area contributed by atoms with Crippen LogP contribution < -0.4 is 10.1 Å². The second-order valence-electron chi connectivity index (χ2n) is 8.76. The lowest BCUT2D eigenvalue weighted by Crippen LogP contribution is -2.30. The number of hydrogen-bond donors (Lipinski definition) is 1. The Balaban J connectivity index is 1.98. The fourth-order valence-corrected chi connectivity index (χ4v) is 5.33. The van der Waals surface area contributed by atoms with Gasteiger partial charge in [0, 0.05) is 45.2 Å². The molecule has 182 valence electrons. The minimum Gasteiger partial charge on any atom is -0.497 e. The molecule has 2 aromatic carbocycles. The molecule has 2 aromatic rings. The Bertz CT molecular complexity index is 1060. The van der Waals surface area contributed by atoms with Crippen LogP contribution in [0.3, 0.4) is 0 Å². The average molecular weight is 476 g/mol. The fourth-order valence-electron chi connectivity index (χ4n) is 3.76. The summed E-state index contributed by atoms with van der Waals surface area (Å²) in [5.41, 5.74) is 4.33. The molecule has 2 rings (SSSR count). The van der Waals surface area contributed by atoms with Crippen molar-refractivity contribution >= 4 is 21.5 Å². The predicted molar refractivity (Wildman–Crippen MR) is 134 cm³/mol. The zero-order valence-corrected chi connectivity index (χ0v) is 21.7. The topological polar surface area (TPSA) is 79.0 Å². The van der Waals surface area contributed by atoms with E-state index in [0.29, 0.717) is 16.9 Å². The number of benzene rings is 2. The number of sulfonamides is 1. The summed E-state index contributed by atoms with van der Waals surface area (Å²) in [6.07, 6.45) is 0.444. The van der Waals surface area contributed by atoms with Crippen molar-refractivity contribution in [1.29, 1.82) is 0 Å². The lowest BCUT2D eigenvalue weighted by Gasteiger charge is -2.20. The van der Waals surface area contributed by atoms with Gasteiger partial charge in [-0.1, -0.05) is 12.1 Å². The van der Waals surface area contributed by atoms with E-state index in [-0.39, 0.29) is 30.1 Å². The molecule has 0 radical (unpaired) electrons. The maximum atomic E-state index is 13.1. The molecule has 0 aliphatic carbocycles. The van der Waals surface area contributed by atoms with Gasteiger partial charge in [0.15, 0.2) is 0 Å². The first-order chi connectivity index (χ1) is 15.4. The quantitative estimate of drug-likeness (QED) is 0.507. The van der Waals surface area contributed by atoms with Gasteiger partial charge in [0.1, 0.15) is 11.5 Å². The number of nitrogens with zero attached hydrogens (tertiary/aromatic N) is 2. The smallest absolute Gasteiger partial charge is 0.243 e. The first-order valence-electron chi connectivity index (χ1n) is 11.1. The number of aryl methyl sites for hydroxylation is 3. The largest absolute Gasteiger partial charge is 0.497 e. The Morgan fingerprint density at radius 1 is 0.970 bits per heavy atom. The summed E-state index contributed by atoms with van der Waals surface area (Å²) in [5.74, 6) is 0.629. The molecular formula is C25H37N3O4S. The zero-order chi connectivity index (χ0) is 24.8. The molecule has 0 bridgehead atoms. The van der Waals surface area contributed by atoms with Crippen molar-refractivity contribution in [3.8, 4) is 5.75 Å². The van der Waals surface area contributed by atoms with E-state index in [9.17, 15) is 13.2 Å². The number of ketones is 1. The molecule has 0 heterocycles. The van der Waals surface area contributed by atoms with Gasteiger partial charge in [-0.3, -0.25) is 4.79 Å². The van der Waals surface area contributed by atoms with Gasteiger partial charge in [0.2, 0.25) is 10.0 Å². The van der Waals surface area contributed by atoms with Gasteiger partial charge in [-0.25, -0.2) is 12.7 Å². The molecule has 0 saturated carbocycles. The molecule has 0 atom stereocenters. The van der Waals surface area contributed by atoms with Crippen molar-refractivity contribution in [1.82, 2.24) is 9.21 Å². The van der Waals surface area contributed by atoms with Crippen molar-refractivity contribution in [2.45, 2.75) is 38.5 Å². The van der Waals surface area contributed by atoms with Crippen LogP contribution in [0.25, 0.3) is 0 Å². The van der Waals surface area contributed by atoms with Crippen LogP contribution in [0.15, 0.2) is 35.2 Å². The van der Waals surface area contributed by atoms with Crippen LogP contribution >= 0.6 is 0 Å². The Morgan fingerprint density at radius 2 is 1.61 bits per heavy atom. The fraction of sp³-hybridized carbons (Fsp3) is 0.480. The molecule has 0 fully saturated rings. The SMILES string of the molecule is COc1cc(C)c(S(=O)(=O)N(C)CCC(=O)Cc2ccc(NCCN(C)C)c(C)c2)c(C)c1. The molecule has 0 aliphatic heterocycles. The van der Waals surface area contributed by atoms with Crippen LogP contribution in [0.5, 0.6) is 5.75 Å². The van der Waals surface area contributed by atoms with Crippen LogP contribution in [0.4, 0.5) is 5.69 Å². The second-order valence-corrected chi connectivity index (χ2v) is 10.7. The van der Waals surface area contributed by atoms with Crippen LogP contribution in [0.2, 0.25) is 0 Å². The first kappa shape index (κ1) is 26.8. The van der Waals surface area contributed by atoms with Gasteiger partial charge in [-0.05, 0) is 75.3 Å². The van der Waals surface area contributed by atoms with Crippen molar-refractivity contribution in [2.24, 2.45) is 0 Å². The maximum absolute atomic E-state index is 13.1. The molecule has 1 N–H and O–H groups in total. The highest BCUT2D eigenvalue weighted by molar-refractivity contribution is 7.89. The molecule has 0 amide bonds. The van der Waals surface area contributed by atoms with Crippen molar-refractivity contribution < 1.29 is 17.9 Å². The van der Waals surface area contributed by atoms with E-state index >= 15 is 0 Å². The number of Topliss-reactive ketones (excluding diaryl/α,β-unsaturated/α-hetero) is 1. The molecule has 8 heteroatoms. The molecule has 0 aliphatic rings. The monoisotopic (exact) mass is 475 g/mol. The molecule has 0 saturated heterocycles. The third kappa shape index (κ3) is 7.28. The Kier molecular flexibility index (Phi) is 9.46. The van der Waals surface area contributed by atoms with Crippen molar-refractivity contribution in [2.75, 3.05) is 53.2 Å². The van der Waals surface area contributed by atoms with Gasteiger partial charge in [0.05, 0.1) is 12.0 Å². The molecule has 0 unspecified atom stereocenters. The number of methoxy groups -OCH3 is 1. The summed E-state index contributed by atoms with van der Waals surface area (Å²) in [6.45, 7) is 7.44. The number of likely N-dealkylation sites (N-methyl/N-ethyl adjacent to an activating group) is 1. The van der Waals surface area contributed by atoms with Crippen LogP contribution in [0.1, 0.15) is 28.7 Å². The predicted octanol–water partition coefficient (Wildman–Crippen LogP) is 3.42. The summed E-state index contributed by atoms with van der Waals surface area (Å²) < 4.78 is 32.7. The number of anilines is 1. The van der Waals surface area contributed by atoms with Gasteiger partial charge in [-0.2, -0.15) is 0 Å². The Morgan fingerprint density at radius 3 is 2.15 bits per heavy atom. The number of ether oxygens (including phenoxy) is 1. The number of rotatable bonds is 12. The van der Waals surface area contributed by atoms with E-state index < -0.39 is 10.0 Å². The average Bonchev–Trinajstić information content (AvgIpc) is 2.72. The first-order valence-corrected chi connectivity index (χ1v) is 12.5. The number of carbonyl (C=O) groups excluding carboxylic acids is 1. The zero-order valence-electron chi connectivity index (χ0n) is 20.9. The van der Waals surface area contributed by atoms with Gasteiger partial charge in [0.25, 0.3) is 0 Å². The highest BCUT2D eigenvalue weighted by Gasteiger charge is 2.25. The Labute approximate surface area is 198 Å². The normalized spacial score (nSPS) is 11.8. The lowest BCUT2D eigenvalue weighted by atomic mass is 10.0. The molecule has 0 spiro atoms. The highest BCUT2D eigenvalue weighted by Crippen LogP contribution is 2.28. The minimum absolute atomic E-state index is 0.00735. The summed E-state index contributed by atoms with van der Waals surface area (Å²) in [5, 5.41) is 3.41. The lowest BCUT2D eigenvalue weighted by molar-refractivity contribution is -0.118. The minimum atomic E-state index is -3.71. The summed E-state index contributed by atoms with van der Waals surface area (Å²) in [7, 11) is 3.43. The van der Waals surface area contributed by atoms with E-state index in [2.05, 4.69) is 10.2 Å². The standard InChI is InChI=1S/C25H37N3O4S/c1-18-14-21(8-9-24(18)26-11-13-27(4)5)17-22(29)10-12-28(6)33(30,31)25-19(2)15-23(32-7)16-20(25)3/h8-9,14-16,26H,10-13,17H2,1-7H3. The van der Waals surface area contributed by atoms with Crippen molar-refractivity contribution in [3.63, 3.8) is 0 Å². The van der Waals surface area contributed by atoms with E-state index in [0.717, 1.165) is 29.9 Å². The molecule has 33 heavy (non-hydrogen) atoms. The number of carbonyl (C=O) groups is 1. The highest BCUT2D eigenvalue weighted by atomic mass is 32.2. The van der Waals surface area contributed by atoms with Gasteiger partial charge >= 0.3 is 0 Å². The van der Waals surface area contributed by atoms with E-state index in [1.807, 2.05) is 39.2 Å². The van der Waals surface area contributed by atoms with E-state index in [1.54, 1.807) is 33.1 Å². The molecule has 0 aromatic heterocycles. The van der Waals surface area contributed by atoms with Gasteiger partial charge < -0.3 is 15.0 Å². The third-order valence-electron chi connectivity index (χ3n) is 5.61. The van der Waals surface area contributed by atoms with E-state index in [4.69, 9.17) is 4.74 Å². The maximum Gasteiger partial charge on any atom is 0.243 e. The van der Waals surface area contributed by atoms with Crippen LogP contribution in [0, 0.1) is 20.8 Å². The summed E-state index contributed by atoms with van der Waals surface area (Å²) in [6, 6.07) is 9.38. The number of hydrogen-bond acceptors (Lipinski definition) is 6. The van der Waals surface area contributed by atoms with Gasteiger partial charge in [-0.15, -0.1) is 0 Å². The van der Waals surface area contributed by atoms with Crippen LogP contribution in [-0.2, 0) is 21.2 Å². The summed E-state index contributed by atoms with van der Waals surface area (Å²) in [4.78, 5) is 15.0. The second kappa shape index (κ2) is 11.6. The van der Waals surface area contributed by atoms with E-state index in [1.165, 1.54) is 11.4 Å².